The minimum atomic E-state index is -0.703. The van der Waals surface area contributed by atoms with Crippen molar-refractivity contribution in [1.82, 2.24) is 5.32 Å². The van der Waals surface area contributed by atoms with Crippen molar-refractivity contribution < 1.29 is 18.8 Å². The van der Waals surface area contributed by atoms with Gasteiger partial charge in [0.2, 0.25) is 5.91 Å². The summed E-state index contributed by atoms with van der Waals surface area (Å²) in [6.45, 7) is 3.72. The molecule has 0 fully saturated rings. The third kappa shape index (κ3) is 5.32. The van der Waals surface area contributed by atoms with E-state index in [9.17, 15) is 14.4 Å². The molecule has 2 aromatic heterocycles. The Morgan fingerprint density at radius 2 is 1.69 bits per heavy atom. The molecule has 0 radical (unpaired) electrons. The van der Waals surface area contributed by atoms with Gasteiger partial charge in [-0.1, -0.05) is 26.0 Å². The van der Waals surface area contributed by atoms with Crippen LogP contribution in [0.15, 0.2) is 64.6 Å². The van der Waals surface area contributed by atoms with Crippen LogP contribution in [-0.4, -0.2) is 23.8 Å². The molecule has 3 N–H and O–H groups in total. The maximum atomic E-state index is 12.8. The highest BCUT2D eigenvalue weighted by Crippen LogP contribution is 2.18. The zero-order chi connectivity index (χ0) is 20.8. The summed E-state index contributed by atoms with van der Waals surface area (Å²) in [5.41, 5.74) is 1.01. The van der Waals surface area contributed by atoms with Crippen molar-refractivity contribution >= 4 is 40.4 Å². The molecule has 0 aliphatic rings. The molecule has 1 unspecified atom stereocenters. The molecule has 3 rings (SSSR count). The lowest BCUT2D eigenvalue weighted by molar-refractivity contribution is -0.118. The first kappa shape index (κ1) is 20.3. The molecular weight excluding hydrogens is 390 g/mol. The van der Waals surface area contributed by atoms with Crippen molar-refractivity contribution in [2.75, 3.05) is 10.6 Å². The molecule has 0 aliphatic carbocycles. The first-order valence-corrected chi connectivity index (χ1v) is 9.92. The smallest absolute Gasteiger partial charge is 0.291 e. The molecule has 0 spiro atoms. The summed E-state index contributed by atoms with van der Waals surface area (Å²) in [5, 5.41) is 10.1. The predicted octanol–water partition coefficient (Wildman–Crippen LogP) is 3.99. The van der Waals surface area contributed by atoms with Crippen molar-refractivity contribution in [2.24, 2.45) is 5.92 Å². The van der Waals surface area contributed by atoms with Crippen LogP contribution in [0.4, 0.5) is 11.4 Å². The van der Waals surface area contributed by atoms with E-state index in [-0.39, 0.29) is 29.4 Å². The highest BCUT2D eigenvalue weighted by atomic mass is 32.1. The third-order valence-electron chi connectivity index (χ3n) is 4.11. The Kier molecular flexibility index (Phi) is 6.46. The summed E-state index contributed by atoms with van der Waals surface area (Å²) in [6, 6.07) is 12.7. The second-order valence-electron chi connectivity index (χ2n) is 6.67. The van der Waals surface area contributed by atoms with Crippen LogP contribution in [0.3, 0.4) is 0 Å². The van der Waals surface area contributed by atoms with Crippen molar-refractivity contribution in [3.63, 3.8) is 0 Å². The van der Waals surface area contributed by atoms with E-state index >= 15 is 0 Å². The quantitative estimate of drug-likeness (QED) is 0.547. The van der Waals surface area contributed by atoms with Crippen LogP contribution >= 0.6 is 11.3 Å². The molecule has 1 aromatic carbocycles. The Morgan fingerprint density at radius 3 is 2.31 bits per heavy atom. The number of furan rings is 1. The number of rotatable bonds is 7. The molecule has 29 heavy (non-hydrogen) atoms. The zero-order valence-electron chi connectivity index (χ0n) is 16.0. The Morgan fingerprint density at radius 1 is 0.931 bits per heavy atom. The second-order valence-corrected chi connectivity index (χ2v) is 7.62. The van der Waals surface area contributed by atoms with E-state index in [0.717, 1.165) is 0 Å². The molecule has 2 heterocycles. The van der Waals surface area contributed by atoms with Gasteiger partial charge in [-0.15, -0.1) is 11.3 Å². The van der Waals surface area contributed by atoms with Crippen LogP contribution in [0.5, 0.6) is 0 Å². The summed E-state index contributed by atoms with van der Waals surface area (Å²) in [6.07, 6.45) is 1.42. The fraction of sp³-hybridized carbons (Fsp3) is 0.190. The van der Waals surface area contributed by atoms with Crippen molar-refractivity contribution in [2.45, 2.75) is 19.9 Å². The van der Waals surface area contributed by atoms with Crippen LogP contribution in [0.25, 0.3) is 0 Å². The molecule has 0 aliphatic heterocycles. The van der Waals surface area contributed by atoms with Gasteiger partial charge in [-0.2, -0.15) is 0 Å². The van der Waals surface area contributed by atoms with E-state index in [0.29, 0.717) is 16.3 Å². The number of anilines is 2. The SMILES string of the molecule is CC(C)C(NC(=O)c1cccs1)C(=O)Nc1cccc(NC(=O)c2ccco2)c1. The summed E-state index contributed by atoms with van der Waals surface area (Å²) in [7, 11) is 0. The van der Waals surface area contributed by atoms with Gasteiger partial charge in [0, 0.05) is 11.4 Å². The van der Waals surface area contributed by atoms with E-state index < -0.39 is 6.04 Å². The van der Waals surface area contributed by atoms with Gasteiger partial charge < -0.3 is 20.4 Å². The highest BCUT2D eigenvalue weighted by molar-refractivity contribution is 7.12. The number of hydrogen-bond donors (Lipinski definition) is 3. The molecule has 0 saturated carbocycles. The molecule has 3 aromatic rings. The van der Waals surface area contributed by atoms with Gasteiger partial charge in [0.15, 0.2) is 5.76 Å². The fourth-order valence-electron chi connectivity index (χ4n) is 2.65. The maximum Gasteiger partial charge on any atom is 0.291 e. The lowest BCUT2D eigenvalue weighted by Crippen LogP contribution is -2.46. The number of carbonyl (C=O) groups is 3. The predicted molar refractivity (Wildman–Crippen MR) is 112 cm³/mol. The van der Waals surface area contributed by atoms with Gasteiger partial charge >= 0.3 is 0 Å². The minimum Gasteiger partial charge on any atom is -0.459 e. The Balaban J connectivity index is 1.66. The topological polar surface area (TPSA) is 100 Å². The highest BCUT2D eigenvalue weighted by Gasteiger charge is 2.25. The van der Waals surface area contributed by atoms with Gasteiger partial charge in [0.05, 0.1) is 11.1 Å². The molecule has 3 amide bonds. The summed E-state index contributed by atoms with van der Waals surface area (Å²) >= 11 is 1.32. The normalized spacial score (nSPS) is 11.7. The van der Waals surface area contributed by atoms with Gasteiger partial charge in [0.25, 0.3) is 11.8 Å². The van der Waals surface area contributed by atoms with Gasteiger partial charge in [-0.25, -0.2) is 0 Å². The number of carbonyl (C=O) groups excluding carboxylic acids is 3. The van der Waals surface area contributed by atoms with Crippen molar-refractivity contribution in [1.29, 1.82) is 0 Å². The number of amides is 3. The average Bonchev–Trinajstić information content (AvgIpc) is 3.39. The lowest BCUT2D eigenvalue weighted by atomic mass is 10.0. The van der Waals surface area contributed by atoms with E-state index in [1.807, 2.05) is 19.2 Å². The van der Waals surface area contributed by atoms with Crippen molar-refractivity contribution in [3.8, 4) is 0 Å². The van der Waals surface area contributed by atoms with Gasteiger partial charge in [0.1, 0.15) is 6.04 Å². The minimum absolute atomic E-state index is 0.110. The monoisotopic (exact) mass is 411 g/mol. The fourth-order valence-corrected chi connectivity index (χ4v) is 3.28. The molecule has 0 bridgehead atoms. The first-order chi connectivity index (χ1) is 13.9. The van der Waals surface area contributed by atoms with Gasteiger partial charge in [-0.3, -0.25) is 14.4 Å². The summed E-state index contributed by atoms with van der Waals surface area (Å²) in [5.74, 6) is -0.925. The molecule has 150 valence electrons. The Bertz CT molecular complexity index is 981. The van der Waals surface area contributed by atoms with Crippen LogP contribution in [0.1, 0.15) is 34.1 Å². The average molecular weight is 411 g/mol. The van der Waals surface area contributed by atoms with Crippen LogP contribution in [-0.2, 0) is 4.79 Å². The molecular formula is C21H21N3O4S. The first-order valence-electron chi connectivity index (χ1n) is 9.04. The Labute approximate surface area is 172 Å². The van der Waals surface area contributed by atoms with E-state index in [4.69, 9.17) is 4.42 Å². The number of nitrogens with one attached hydrogen (secondary N) is 3. The Hall–Kier alpha value is -3.39. The van der Waals surface area contributed by atoms with Crippen LogP contribution in [0, 0.1) is 5.92 Å². The molecule has 7 nitrogen and oxygen atoms in total. The summed E-state index contributed by atoms with van der Waals surface area (Å²) < 4.78 is 5.07. The van der Waals surface area contributed by atoms with Crippen LogP contribution in [0.2, 0.25) is 0 Å². The second kappa shape index (κ2) is 9.20. The van der Waals surface area contributed by atoms with E-state index in [2.05, 4.69) is 16.0 Å². The lowest BCUT2D eigenvalue weighted by Gasteiger charge is -2.21. The standard InChI is InChI=1S/C21H21N3O4S/c1-13(2)18(24-20(26)17-9-5-11-29-17)21(27)23-15-7-3-6-14(12-15)22-19(25)16-8-4-10-28-16/h3-13,18H,1-2H3,(H,22,25)(H,23,27)(H,24,26). The maximum absolute atomic E-state index is 12.8. The van der Waals surface area contributed by atoms with Gasteiger partial charge in [-0.05, 0) is 47.7 Å². The number of benzene rings is 1. The van der Waals surface area contributed by atoms with E-state index in [1.165, 1.54) is 17.6 Å². The molecule has 1 atom stereocenters. The summed E-state index contributed by atoms with van der Waals surface area (Å²) in [4.78, 5) is 37.7. The zero-order valence-corrected chi connectivity index (χ0v) is 16.8. The molecule has 8 heteroatoms. The van der Waals surface area contributed by atoms with E-state index in [1.54, 1.807) is 48.5 Å². The van der Waals surface area contributed by atoms with Crippen molar-refractivity contribution in [3.05, 3.63) is 70.8 Å². The third-order valence-corrected chi connectivity index (χ3v) is 4.98. The number of hydrogen-bond acceptors (Lipinski definition) is 5. The number of thiophene rings is 1. The largest absolute Gasteiger partial charge is 0.459 e. The van der Waals surface area contributed by atoms with Crippen LogP contribution < -0.4 is 16.0 Å². The molecule has 0 saturated heterocycles.